The maximum atomic E-state index is 14.3. The molecule has 1 aromatic heterocycles. The Morgan fingerprint density at radius 1 is 1.02 bits per heavy atom. The third-order valence-corrected chi connectivity index (χ3v) is 9.64. The van der Waals surface area contributed by atoms with Crippen LogP contribution < -0.4 is 11.1 Å². The number of amides is 3. The van der Waals surface area contributed by atoms with Crippen LogP contribution in [0.3, 0.4) is 0 Å². The van der Waals surface area contributed by atoms with Gasteiger partial charge in [-0.15, -0.1) is 11.3 Å². The number of aliphatic hydroxyl groups excluding tert-OH is 1. The summed E-state index contributed by atoms with van der Waals surface area (Å²) >= 11 is 1.52. The zero-order valence-electron chi connectivity index (χ0n) is 26.3. The molecule has 1 aliphatic carbocycles. The summed E-state index contributed by atoms with van der Waals surface area (Å²) in [4.78, 5) is 45.3. The lowest BCUT2D eigenvalue weighted by atomic mass is 9.75. The van der Waals surface area contributed by atoms with Gasteiger partial charge in [0.2, 0.25) is 17.7 Å². The molecular formula is C35H46N4O4S. The first-order valence-corrected chi connectivity index (χ1v) is 16.2. The molecule has 1 fully saturated rings. The molecule has 1 saturated carbocycles. The van der Waals surface area contributed by atoms with Crippen molar-refractivity contribution in [2.45, 2.75) is 70.0 Å². The van der Waals surface area contributed by atoms with Crippen LogP contribution in [-0.2, 0) is 27.2 Å². The Morgan fingerprint density at radius 2 is 1.75 bits per heavy atom. The Bertz CT molecular complexity index is 1460. The Balaban J connectivity index is 1.61. The lowest BCUT2D eigenvalue weighted by molar-refractivity contribution is -0.146. The fourth-order valence-electron chi connectivity index (χ4n) is 5.39. The zero-order chi connectivity index (χ0) is 31.9. The minimum absolute atomic E-state index is 0.0861. The molecule has 9 heteroatoms. The third-order valence-electron chi connectivity index (χ3n) is 8.74. The van der Waals surface area contributed by atoms with Gasteiger partial charge in [-0.3, -0.25) is 14.4 Å². The fourth-order valence-corrected chi connectivity index (χ4v) is 6.14. The molecule has 4 rings (SSSR count). The van der Waals surface area contributed by atoms with Crippen molar-refractivity contribution in [3.63, 3.8) is 0 Å². The van der Waals surface area contributed by atoms with E-state index in [9.17, 15) is 19.5 Å². The smallest absolute Gasteiger partial charge is 0.246 e. The minimum Gasteiger partial charge on any atom is -0.396 e. The molecule has 2 aromatic carbocycles. The van der Waals surface area contributed by atoms with Gasteiger partial charge in [-0.1, -0.05) is 68.5 Å². The average molecular weight is 619 g/mol. The van der Waals surface area contributed by atoms with Crippen LogP contribution in [0.2, 0.25) is 0 Å². The molecule has 4 N–H and O–H groups in total. The second-order valence-corrected chi connectivity index (χ2v) is 14.0. The van der Waals surface area contributed by atoms with Crippen molar-refractivity contribution in [1.29, 1.82) is 0 Å². The van der Waals surface area contributed by atoms with Crippen molar-refractivity contribution >= 4 is 39.8 Å². The van der Waals surface area contributed by atoms with E-state index in [4.69, 9.17) is 5.73 Å². The summed E-state index contributed by atoms with van der Waals surface area (Å²) in [5, 5.41) is 16.7. The van der Waals surface area contributed by atoms with Crippen molar-refractivity contribution in [1.82, 2.24) is 15.1 Å². The number of nitrogens with one attached hydrogen (secondary N) is 1. The summed E-state index contributed by atoms with van der Waals surface area (Å²) in [7, 11) is 3.28. The van der Waals surface area contributed by atoms with E-state index >= 15 is 0 Å². The molecule has 1 heterocycles. The van der Waals surface area contributed by atoms with Gasteiger partial charge in [0.25, 0.3) is 0 Å². The van der Waals surface area contributed by atoms with E-state index in [1.165, 1.54) is 27.2 Å². The molecule has 1 aliphatic rings. The van der Waals surface area contributed by atoms with Gasteiger partial charge in [-0.25, -0.2) is 0 Å². The van der Waals surface area contributed by atoms with Gasteiger partial charge in [0.15, 0.2) is 0 Å². The number of carbonyl (C=O) groups excluding carboxylic acids is 3. The van der Waals surface area contributed by atoms with Crippen molar-refractivity contribution in [3.05, 3.63) is 82.6 Å². The Labute approximate surface area is 264 Å². The van der Waals surface area contributed by atoms with Gasteiger partial charge in [0.05, 0.1) is 0 Å². The summed E-state index contributed by atoms with van der Waals surface area (Å²) in [6.45, 7) is 3.90. The predicted octanol–water partition coefficient (Wildman–Crippen LogP) is 4.30. The molecule has 0 radical (unpaired) electrons. The highest BCUT2D eigenvalue weighted by Crippen LogP contribution is 2.32. The van der Waals surface area contributed by atoms with Crippen LogP contribution in [0.4, 0.5) is 0 Å². The summed E-state index contributed by atoms with van der Waals surface area (Å²) in [6, 6.07) is 16.3. The maximum absolute atomic E-state index is 14.3. The lowest BCUT2D eigenvalue weighted by Gasteiger charge is -2.37. The Kier molecular flexibility index (Phi) is 11.0. The molecular weight excluding hydrogens is 572 g/mol. The van der Waals surface area contributed by atoms with Crippen LogP contribution in [0.25, 0.3) is 10.8 Å². The molecule has 0 saturated heterocycles. The molecule has 0 aliphatic heterocycles. The molecule has 3 amide bonds. The summed E-state index contributed by atoms with van der Waals surface area (Å²) in [6.07, 6.45) is 7.56. The number of carbonyl (C=O) groups is 3. The second-order valence-electron chi connectivity index (χ2n) is 13.0. The van der Waals surface area contributed by atoms with Crippen LogP contribution in [0.1, 0.15) is 50.0 Å². The first kappa shape index (κ1) is 33.4. The number of hydrogen-bond donors (Lipinski definition) is 3. The highest BCUT2D eigenvalue weighted by molar-refractivity contribution is 7.09. The molecule has 0 spiro atoms. The van der Waals surface area contributed by atoms with Crippen LogP contribution in [0.15, 0.2) is 72.1 Å². The number of benzene rings is 2. The lowest BCUT2D eigenvalue weighted by Crippen LogP contribution is -2.56. The zero-order valence-corrected chi connectivity index (χ0v) is 27.1. The number of nitrogens with two attached hydrogens (primary N) is 1. The van der Waals surface area contributed by atoms with E-state index < -0.39 is 17.5 Å². The van der Waals surface area contributed by atoms with Gasteiger partial charge in [0.1, 0.15) is 12.1 Å². The van der Waals surface area contributed by atoms with Gasteiger partial charge in [0, 0.05) is 55.9 Å². The van der Waals surface area contributed by atoms with Crippen LogP contribution in [0, 0.1) is 5.41 Å². The maximum Gasteiger partial charge on any atom is 0.246 e. The standard InChI is InChI=1S/C35H46N4O4S/c1-34(2,24-40)23-37-32(42)29(22-28-12-8-19-44-28)39(4)33(43)30(21-25-14-15-26-10-5-6-11-27(26)20-25)38(3)31(41)13-7-16-35(36)17-9-18-35/h5-8,10-15,19-20,29-30,40H,9,16-18,21-24,36H2,1-4H3,(H,37,42)/t29-,30-/m1/s1. The number of fused-ring (bicyclic) bond motifs is 1. The third kappa shape index (κ3) is 8.55. The Morgan fingerprint density at radius 3 is 2.39 bits per heavy atom. The van der Waals surface area contributed by atoms with Gasteiger partial charge in [-0.05, 0) is 59.5 Å². The predicted molar refractivity (Wildman–Crippen MR) is 177 cm³/mol. The van der Waals surface area contributed by atoms with Crippen molar-refractivity contribution < 1.29 is 19.5 Å². The van der Waals surface area contributed by atoms with Crippen LogP contribution >= 0.6 is 11.3 Å². The van der Waals surface area contributed by atoms with Crippen molar-refractivity contribution in [3.8, 4) is 0 Å². The topological polar surface area (TPSA) is 116 Å². The second kappa shape index (κ2) is 14.5. The first-order valence-electron chi connectivity index (χ1n) is 15.3. The average Bonchev–Trinajstić information content (AvgIpc) is 3.52. The first-order chi connectivity index (χ1) is 20.9. The fraction of sp³-hybridized carbons (Fsp3) is 0.457. The molecule has 8 nitrogen and oxygen atoms in total. The largest absolute Gasteiger partial charge is 0.396 e. The summed E-state index contributed by atoms with van der Waals surface area (Å²) in [5.41, 5.74) is 6.51. The number of nitrogens with zero attached hydrogens (tertiary/aromatic N) is 2. The number of thiophene rings is 1. The van der Waals surface area contributed by atoms with Crippen LogP contribution in [-0.4, -0.2) is 77.5 Å². The van der Waals surface area contributed by atoms with Crippen LogP contribution in [0.5, 0.6) is 0 Å². The van der Waals surface area contributed by atoms with E-state index in [0.29, 0.717) is 12.8 Å². The summed E-state index contributed by atoms with van der Waals surface area (Å²) in [5.74, 6) is -0.915. The molecule has 3 aromatic rings. The van der Waals surface area contributed by atoms with E-state index in [0.717, 1.165) is 40.5 Å². The van der Waals surface area contributed by atoms with Crippen molar-refractivity contribution in [2.24, 2.45) is 11.1 Å². The highest BCUT2D eigenvalue weighted by Gasteiger charge is 2.36. The molecule has 2 atom stereocenters. The normalized spacial score (nSPS) is 15.9. The minimum atomic E-state index is -0.846. The SMILES string of the molecule is CN(C(=O)C=CCC1(N)CCC1)[C@H](Cc1ccc2ccccc2c1)C(=O)N(C)[C@H](Cc1cccs1)C(=O)NCC(C)(C)CO. The highest BCUT2D eigenvalue weighted by atomic mass is 32.1. The van der Waals surface area contributed by atoms with Gasteiger partial charge < -0.3 is 26.0 Å². The molecule has 236 valence electrons. The van der Waals surface area contributed by atoms with Crippen molar-refractivity contribution in [2.75, 3.05) is 27.2 Å². The Hall–Kier alpha value is -3.53. The van der Waals surface area contributed by atoms with E-state index in [1.807, 2.05) is 79.9 Å². The van der Waals surface area contributed by atoms with E-state index in [2.05, 4.69) is 5.32 Å². The monoisotopic (exact) mass is 618 g/mol. The molecule has 0 bridgehead atoms. The molecule has 44 heavy (non-hydrogen) atoms. The number of hydrogen-bond acceptors (Lipinski definition) is 6. The molecule has 0 unspecified atom stereocenters. The van der Waals surface area contributed by atoms with E-state index in [-0.39, 0.29) is 42.8 Å². The van der Waals surface area contributed by atoms with Gasteiger partial charge >= 0.3 is 0 Å². The number of likely N-dealkylation sites (N-methyl/N-ethyl adjacent to an activating group) is 2. The quantitative estimate of drug-likeness (QED) is 0.233. The van der Waals surface area contributed by atoms with E-state index in [1.54, 1.807) is 14.1 Å². The van der Waals surface area contributed by atoms with Gasteiger partial charge in [-0.2, -0.15) is 0 Å². The number of aliphatic hydroxyl groups is 1. The number of rotatable bonds is 14. The summed E-state index contributed by atoms with van der Waals surface area (Å²) < 4.78 is 0.